The molecule has 0 radical (unpaired) electrons. The van der Waals surface area contributed by atoms with Crippen LogP contribution >= 0.6 is 0 Å². The van der Waals surface area contributed by atoms with E-state index in [9.17, 15) is 8.42 Å². The average molecular weight is 339 g/mol. The summed E-state index contributed by atoms with van der Waals surface area (Å²) in [6, 6.07) is 16.4. The smallest absolute Gasteiger partial charge is 0.263 e. The van der Waals surface area contributed by atoms with Crippen LogP contribution in [-0.4, -0.2) is 14.1 Å². The van der Waals surface area contributed by atoms with Crippen molar-refractivity contribution in [3.8, 4) is 12.1 Å². The van der Waals surface area contributed by atoms with Crippen molar-refractivity contribution in [3.63, 3.8) is 0 Å². The van der Waals surface area contributed by atoms with Gasteiger partial charge in [0.2, 0.25) is 0 Å². The molecule has 2 rings (SSSR count). The van der Waals surface area contributed by atoms with Gasteiger partial charge in [-0.2, -0.15) is 18.9 Å². The second kappa shape index (κ2) is 7.40. The van der Waals surface area contributed by atoms with E-state index in [0.717, 1.165) is 11.1 Å². The lowest BCUT2D eigenvalue weighted by atomic mass is 10.1. The van der Waals surface area contributed by atoms with Gasteiger partial charge in [-0.25, -0.2) is 0 Å². The zero-order chi connectivity index (χ0) is 17.6. The third-order valence-electron chi connectivity index (χ3n) is 3.15. The topological polar surface area (TPSA) is 103 Å². The SMILES string of the molecule is Cc1ccc(S(=O)(=O)ON=C(C#N)c2ccc(CC#N)cc2)cc1. The number of oxime groups is 1. The van der Waals surface area contributed by atoms with Crippen LogP contribution in [-0.2, 0) is 20.8 Å². The molecule has 0 N–H and O–H groups in total. The van der Waals surface area contributed by atoms with Crippen molar-refractivity contribution in [2.24, 2.45) is 5.16 Å². The molecule has 0 aliphatic heterocycles. The molecule has 0 aliphatic carbocycles. The molecular weight excluding hydrogens is 326 g/mol. The Morgan fingerprint density at radius 3 is 2.25 bits per heavy atom. The van der Waals surface area contributed by atoms with Crippen molar-refractivity contribution in [2.75, 3.05) is 0 Å². The number of benzene rings is 2. The predicted molar refractivity (Wildman–Crippen MR) is 87.4 cm³/mol. The Kier molecular flexibility index (Phi) is 5.31. The summed E-state index contributed by atoms with van der Waals surface area (Å²) < 4.78 is 28.7. The van der Waals surface area contributed by atoms with Crippen LogP contribution in [0.15, 0.2) is 58.6 Å². The second-order valence-electron chi connectivity index (χ2n) is 4.93. The Morgan fingerprint density at radius 1 is 1.08 bits per heavy atom. The first kappa shape index (κ1) is 17.2. The number of hydrogen-bond acceptors (Lipinski definition) is 6. The Hall–Kier alpha value is -3.16. The zero-order valence-corrected chi connectivity index (χ0v) is 13.6. The fraction of sp³-hybridized carbons (Fsp3) is 0.118. The number of rotatable bonds is 5. The third-order valence-corrected chi connectivity index (χ3v) is 4.27. The summed E-state index contributed by atoms with van der Waals surface area (Å²) in [6.07, 6.45) is 0.248. The molecule has 0 spiro atoms. The second-order valence-corrected chi connectivity index (χ2v) is 6.45. The van der Waals surface area contributed by atoms with Crippen molar-refractivity contribution < 1.29 is 12.7 Å². The number of aryl methyl sites for hydroxylation is 1. The van der Waals surface area contributed by atoms with E-state index >= 15 is 0 Å². The van der Waals surface area contributed by atoms with Crippen molar-refractivity contribution in [3.05, 3.63) is 65.2 Å². The molecule has 2 aromatic rings. The van der Waals surface area contributed by atoms with Gasteiger partial charge in [-0.05, 0) is 24.6 Å². The van der Waals surface area contributed by atoms with E-state index in [1.54, 1.807) is 42.5 Å². The maximum atomic E-state index is 12.1. The Labute approximate surface area is 140 Å². The molecule has 120 valence electrons. The molecule has 0 saturated carbocycles. The van der Waals surface area contributed by atoms with Gasteiger partial charge in [0.05, 0.1) is 12.5 Å². The zero-order valence-electron chi connectivity index (χ0n) is 12.8. The summed E-state index contributed by atoms with van der Waals surface area (Å²) in [5.41, 5.74) is 1.92. The van der Waals surface area contributed by atoms with Crippen LogP contribution in [0.25, 0.3) is 0 Å². The molecule has 0 aliphatic rings. The standard InChI is InChI=1S/C17H13N3O3S/c1-13-2-8-16(9-3-13)24(21,22)23-20-17(12-19)15-6-4-14(5-7-15)10-11-18/h2-9H,10H2,1H3. The number of nitriles is 2. The van der Waals surface area contributed by atoms with Gasteiger partial charge in [0.25, 0.3) is 0 Å². The molecule has 0 amide bonds. The summed E-state index contributed by atoms with van der Waals surface area (Å²) in [6.45, 7) is 1.83. The molecular formula is C17H13N3O3S. The van der Waals surface area contributed by atoms with E-state index < -0.39 is 10.1 Å². The van der Waals surface area contributed by atoms with Gasteiger partial charge in [-0.15, -0.1) is 0 Å². The summed E-state index contributed by atoms with van der Waals surface area (Å²) in [5.74, 6) is 0. The highest BCUT2D eigenvalue weighted by atomic mass is 32.2. The summed E-state index contributed by atoms with van der Waals surface area (Å²) in [7, 11) is -4.09. The normalized spacial score (nSPS) is 11.4. The minimum absolute atomic E-state index is 0.0430. The lowest BCUT2D eigenvalue weighted by molar-refractivity contribution is 0.339. The Balaban J connectivity index is 2.23. The van der Waals surface area contributed by atoms with Gasteiger partial charge in [0, 0.05) is 5.56 Å². The molecule has 6 nitrogen and oxygen atoms in total. The van der Waals surface area contributed by atoms with Gasteiger partial charge < -0.3 is 0 Å². The fourth-order valence-electron chi connectivity index (χ4n) is 1.84. The van der Waals surface area contributed by atoms with Crippen molar-refractivity contribution >= 4 is 15.8 Å². The minimum Gasteiger partial charge on any atom is -0.263 e. The summed E-state index contributed by atoms with van der Waals surface area (Å²) >= 11 is 0. The average Bonchev–Trinajstić information content (AvgIpc) is 2.57. The van der Waals surface area contributed by atoms with Crippen LogP contribution in [0.3, 0.4) is 0 Å². The predicted octanol–water partition coefficient (Wildman–Crippen LogP) is 2.69. The van der Waals surface area contributed by atoms with Gasteiger partial charge in [-0.3, -0.25) is 4.28 Å². The molecule has 2 aromatic carbocycles. The van der Waals surface area contributed by atoms with Gasteiger partial charge >= 0.3 is 10.1 Å². The molecule has 24 heavy (non-hydrogen) atoms. The Bertz CT molecular complexity index is 933. The quantitative estimate of drug-likeness (QED) is 0.615. The molecule has 0 atom stereocenters. The van der Waals surface area contributed by atoms with Crippen LogP contribution in [0.2, 0.25) is 0 Å². The van der Waals surface area contributed by atoms with Gasteiger partial charge in [-0.1, -0.05) is 47.1 Å². The minimum atomic E-state index is -4.09. The lowest BCUT2D eigenvalue weighted by Crippen LogP contribution is -2.06. The molecule has 0 fully saturated rings. The van der Waals surface area contributed by atoms with E-state index in [1.165, 1.54) is 12.1 Å². The maximum absolute atomic E-state index is 12.1. The van der Waals surface area contributed by atoms with E-state index in [0.29, 0.717) is 5.56 Å². The molecule has 0 unspecified atom stereocenters. The summed E-state index contributed by atoms with van der Waals surface area (Å²) in [5, 5.41) is 21.2. The van der Waals surface area contributed by atoms with Crippen LogP contribution in [0.5, 0.6) is 0 Å². The van der Waals surface area contributed by atoms with E-state index in [1.807, 2.05) is 13.0 Å². The van der Waals surface area contributed by atoms with Crippen molar-refractivity contribution in [2.45, 2.75) is 18.2 Å². The van der Waals surface area contributed by atoms with Gasteiger partial charge in [0.15, 0.2) is 5.71 Å². The highest BCUT2D eigenvalue weighted by molar-refractivity contribution is 7.86. The van der Waals surface area contributed by atoms with Gasteiger partial charge in [0.1, 0.15) is 11.0 Å². The highest BCUT2D eigenvalue weighted by Gasteiger charge is 2.16. The first-order valence-corrected chi connectivity index (χ1v) is 8.32. The van der Waals surface area contributed by atoms with Crippen molar-refractivity contribution in [1.29, 1.82) is 10.5 Å². The highest BCUT2D eigenvalue weighted by Crippen LogP contribution is 2.14. The fourth-order valence-corrected chi connectivity index (χ4v) is 2.57. The van der Waals surface area contributed by atoms with Crippen LogP contribution in [0.1, 0.15) is 16.7 Å². The monoisotopic (exact) mass is 339 g/mol. The molecule has 0 aromatic heterocycles. The molecule has 0 bridgehead atoms. The van der Waals surface area contributed by atoms with E-state index in [2.05, 4.69) is 9.44 Å². The maximum Gasteiger partial charge on any atom is 0.358 e. The lowest BCUT2D eigenvalue weighted by Gasteiger charge is -2.03. The first-order valence-electron chi connectivity index (χ1n) is 6.91. The van der Waals surface area contributed by atoms with E-state index in [4.69, 9.17) is 10.5 Å². The van der Waals surface area contributed by atoms with Crippen LogP contribution in [0.4, 0.5) is 0 Å². The first-order chi connectivity index (χ1) is 11.5. The van der Waals surface area contributed by atoms with Crippen LogP contribution < -0.4 is 0 Å². The third kappa shape index (κ3) is 4.19. The number of hydrogen-bond donors (Lipinski definition) is 0. The van der Waals surface area contributed by atoms with Crippen LogP contribution in [0, 0.1) is 29.6 Å². The Morgan fingerprint density at radius 2 is 1.71 bits per heavy atom. The van der Waals surface area contributed by atoms with E-state index in [-0.39, 0.29) is 17.0 Å². The van der Waals surface area contributed by atoms with Crippen molar-refractivity contribution in [1.82, 2.24) is 0 Å². The number of nitrogens with zero attached hydrogens (tertiary/aromatic N) is 3. The molecule has 0 heterocycles. The summed E-state index contributed by atoms with van der Waals surface area (Å²) in [4.78, 5) is -0.0430. The molecule has 0 saturated heterocycles. The largest absolute Gasteiger partial charge is 0.358 e. The molecule has 7 heteroatoms.